The maximum absolute atomic E-state index is 5.05. The van der Waals surface area contributed by atoms with Crippen LogP contribution >= 0.6 is 0 Å². The summed E-state index contributed by atoms with van der Waals surface area (Å²) in [5.41, 5.74) is 4.46. The normalized spacial score (nSPS) is 11.5. The molecule has 0 amide bonds. The van der Waals surface area contributed by atoms with Gasteiger partial charge in [0.1, 0.15) is 5.69 Å². The molecule has 0 unspecified atom stereocenters. The second-order valence-electron chi connectivity index (χ2n) is 9.95. The van der Waals surface area contributed by atoms with Crippen molar-refractivity contribution in [1.29, 1.82) is 0 Å². The Labute approximate surface area is 230 Å². The highest BCUT2D eigenvalue weighted by atomic mass is 15.1. The Balaban J connectivity index is 1.42. The third-order valence-corrected chi connectivity index (χ3v) is 7.65. The summed E-state index contributed by atoms with van der Waals surface area (Å²) >= 11 is 0. The van der Waals surface area contributed by atoms with E-state index in [0.717, 1.165) is 33.3 Å². The molecule has 6 aromatic carbocycles. The van der Waals surface area contributed by atoms with E-state index < -0.39 is 0 Å². The Morgan fingerprint density at radius 1 is 0.375 bits per heavy atom. The van der Waals surface area contributed by atoms with Gasteiger partial charge in [-0.25, -0.2) is 9.97 Å². The number of nitrogens with zero attached hydrogens (tertiary/aromatic N) is 4. The molecule has 186 valence electrons. The second-order valence-corrected chi connectivity index (χ2v) is 9.95. The minimum atomic E-state index is 0.552. The second kappa shape index (κ2) is 9.07. The van der Waals surface area contributed by atoms with Crippen LogP contribution in [0, 0.1) is 0 Å². The zero-order valence-corrected chi connectivity index (χ0v) is 21.5. The molecule has 0 radical (unpaired) electrons. The molecule has 0 aliphatic heterocycles. The van der Waals surface area contributed by atoms with Crippen LogP contribution in [0.3, 0.4) is 0 Å². The Morgan fingerprint density at radius 3 is 1.48 bits per heavy atom. The highest BCUT2D eigenvalue weighted by Gasteiger charge is 2.16. The molecule has 0 fully saturated rings. The van der Waals surface area contributed by atoms with Gasteiger partial charge in [-0.1, -0.05) is 109 Å². The number of rotatable bonds is 3. The van der Waals surface area contributed by atoms with E-state index in [-0.39, 0.29) is 0 Å². The maximum atomic E-state index is 5.05. The average Bonchev–Trinajstić information content (AvgIpc) is 3.04. The molecule has 8 aromatic rings. The van der Waals surface area contributed by atoms with Crippen LogP contribution in [0.1, 0.15) is 0 Å². The molecule has 2 aromatic heterocycles. The highest BCUT2D eigenvalue weighted by molar-refractivity contribution is 6.13. The van der Waals surface area contributed by atoms with Crippen LogP contribution in [-0.4, -0.2) is 20.2 Å². The lowest BCUT2D eigenvalue weighted by Crippen LogP contribution is -1.98. The number of hydrogen-bond acceptors (Lipinski definition) is 4. The third-order valence-electron chi connectivity index (χ3n) is 7.65. The van der Waals surface area contributed by atoms with Gasteiger partial charge < -0.3 is 0 Å². The van der Waals surface area contributed by atoms with E-state index in [2.05, 4.69) is 125 Å². The molecular formula is C36H22N4. The van der Waals surface area contributed by atoms with E-state index in [1.54, 1.807) is 6.20 Å². The largest absolute Gasteiger partial charge is 0.226 e. The summed E-state index contributed by atoms with van der Waals surface area (Å²) in [6.45, 7) is 0. The quantitative estimate of drug-likeness (QED) is 0.223. The molecule has 0 spiro atoms. The van der Waals surface area contributed by atoms with E-state index >= 15 is 0 Å². The topological polar surface area (TPSA) is 51.6 Å². The fourth-order valence-electron chi connectivity index (χ4n) is 5.79. The maximum Gasteiger partial charge on any atom is 0.181 e. The molecule has 0 bridgehead atoms. The molecule has 0 atom stereocenters. The van der Waals surface area contributed by atoms with E-state index in [0.29, 0.717) is 11.5 Å². The monoisotopic (exact) mass is 510 g/mol. The first-order valence-electron chi connectivity index (χ1n) is 13.3. The Hall–Kier alpha value is -5.48. The first kappa shape index (κ1) is 22.5. The summed E-state index contributed by atoms with van der Waals surface area (Å²) in [5, 5.41) is 18.1. The van der Waals surface area contributed by atoms with Crippen LogP contribution in [0.15, 0.2) is 134 Å². The lowest BCUT2D eigenvalue weighted by molar-refractivity contribution is 1.01. The van der Waals surface area contributed by atoms with Gasteiger partial charge in [0.05, 0.1) is 11.4 Å². The Morgan fingerprint density at radius 2 is 0.925 bits per heavy atom. The minimum absolute atomic E-state index is 0.552. The van der Waals surface area contributed by atoms with Gasteiger partial charge >= 0.3 is 0 Å². The number of aromatic nitrogens is 4. The van der Waals surface area contributed by atoms with Gasteiger partial charge in [0.25, 0.3) is 0 Å². The average molecular weight is 511 g/mol. The Kier molecular flexibility index (Phi) is 5.10. The summed E-state index contributed by atoms with van der Waals surface area (Å²) in [6.07, 6.45) is 1.67. The molecule has 0 saturated carbocycles. The molecule has 0 aliphatic carbocycles. The van der Waals surface area contributed by atoms with Crippen molar-refractivity contribution in [3.8, 4) is 34.0 Å². The molecule has 0 N–H and O–H groups in total. The number of benzene rings is 6. The standard InChI is InChI=1S/C36H22N4/c1-3-10-25-23(8-1)17-19-29-27(25)12-5-14-31(29)34-22-35(39-36(38-34)33-16-7-21-37-40-33)32-15-6-13-28-26-11-4-2-9-24(26)18-20-30(28)32/h1-22H. The summed E-state index contributed by atoms with van der Waals surface area (Å²) < 4.78 is 0. The van der Waals surface area contributed by atoms with E-state index in [4.69, 9.17) is 9.97 Å². The summed E-state index contributed by atoms with van der Waals surface area (Å²) in [6, 6.07) is 44.5. The van der Waals surface area contributed by atoms with Crippen molar-refractivity contribution < 1.29 is 0 Å². The molecule has 40 heavy (non-hydrogen) atoms. The predicted molar refractivity (Wildman–Crippen MR) is 164 cm³/mol. The zero-order chi connectivity index (χ0) is 26.5. The first-order chi connectivity index (χ1) is 19.8. The van der Waals surface area contributed by atoms with Crippen molar-refractivity contribution in [3.63, 3.8) is 0 Å². The predicted octanol–water partition coefficient (Wildman–Crippen LogP) is 8.88. The van der Waals surface area contributed by atoms with Crippen molar-refractivity contribution in [2.75, 3.05) is 0 Å². The third kappa shape index (κ3) is 3.62. The fourth-order valence-corrected chi connectivity index (χ4v) is 5.79. The lowest BCUT2D eigenvalue weighted by Gasteiger charge is -2.13. The van der Waals surface area contributed by atoms with Gasteiger partial charge in [0, 0.05) is 17.3 Å². The van der Waals surface area contributed by atoms with Crippen LogP contribution in [0.5, 0.6) is 0 Å². The van der Waals surface area contributed by atoms with Gasteiger partial charge in [-0.3, -0.25) is 0 Å². The molecule has 2 heterocycles. The highest BCUT2D eigenvalue weighted by Crippen LogP contribution is 2.37. The SMILES string of the molecule is c1cnnc(-c2nc(-c3cccc4c3ccc3ccccc34)cc(-c3cccc4c3ccc3ccccc34)n2)c1. The Bertz CT molecular complexity index is 2080. The van der Waals surface area contributed by atoms with Crippen LogP contribution in [0.2, 0.25) is 0 Å². The molecule has 0 aliphatic rings. The number of hydrogen-bond donors (Lipinski definition) is 0. The summed E-state index contributed by atoms with van der Waals surface area (Å²) in [5.74, 6) is 0.552. The molecule has 8 rings (SSSR count). The van der Waals surface area contributed by atoms with Gasteiger partial charge in [-0.15, -0.1) is 5.10 Å². The summed E-state index contributed by atoms with van der Waals surface area (Å²) in [4.78, 5) is 10.1. The van der Waals surface area contributed by atoms with Crippen LogP contribution in [0.25, 0.3) is 77.1 Å². The molecule has 4 heteroatoms. The minimum Gasteiger partial charge on any atom is -0.226 e. The van der Waals surface area contributed by atoms with Crippen LogP contribution in [-0.2, 0) is 0 Å². The van der Waals surface area contributed by atoms with Crippen LogP contribution < -0.4 is 0 Å². The lowest BCUT2D eigenvalue weighted by atomic mass is 9.94. The molecule has 4 nitrogen and oxygen atoms in total. The van der Waals surface area contributed by atoms with Crippen LogP contribution in [0.4, 0.5) is 0 Å². The van der Waals surface area contributed by atoms with Crippen molar-refractivity contribution in [1.82, 2.24) is 20.2 Å². The van der Waals surface area contributed by atoms with Gasteiger partial charge in [-0.05, 0) is 61.3 Å². The smallest absolute Gasteiger partial charge is 0.181 e. The number of fused-ring (bicyclic) bond motifs is 6. The van der Waals surface area contributed by atoms with Crippen molar-refractivity contribution in [2.45, 2.75) is 0 Å². The zero-order valence-electron chi connectivity index (χ0n) is 21.5. The fraction of sp³-hybridized carbons (Fsp3) is 0. The first-order valence-corrected chi connectivity index (χ1v) is 13.3. The van der Waals surface area contributed by atoms with Gasteiger partial charge in [-0.2, -0.15) is 5.10 Å². The van der Waals surface area contributed by atoms with Crippen molar-refractivity contribution in [2.24, 2.45) is 0 Å². The van der Waals surface area contributed by atoms with E-state index in [9.17, 15) is 0 Å². The van der Waals surface area contributed by atoms with Crippen molar-refractivity contribution >= 4 is 43.1 Å². The van der Waals surface area contributed by atoms with Gasteiger partial charge in [0.15, 0.2) is 5.82 Å². The van der Waals surface area contributed by atoms with Gasteiger partial charge in [0.2, 0.25) is 0 Å². The summed E-state index contributed by atoms with van der Waals surface area (Å²) in [7, 11) is 0. The van der Waals surface area contributed by atoms with E-state index in [1.165, 1.54) is 32.3 Å². The van der Waals surface area contributed by atoms with Crippen molar-refractivity contribution in [3.05, 3.63) is 134 Å². The molecule has 0 saturated heterocycles. The molecular weight excluding hydrogens is 488 g/mol. The van der Waals surface area contributed by atoms with E-state index in [1.807, 2.05) is 12.1 Å².